The summed E-state index contributed by atoms with van der Waals surface area (Å²) in [5, 5.41) is 4.61. The van der Waals surface area contributed by atoms with Crippen LogP contribution in [0.15, 0.2) is 12.4 Å². The van der Waals surface area contributed by atoms with Crippen molar-refractivity contribution in [1.82, 2.24) is 14.7 Å². The molecular weight excluding hydrogens is 334 g/mol. The monoisotopic (exact) mass is 373 g/mol. The van der Waals surface area contributed by atoms with E-state index in [4.69, 9.17) is 0 Å². The van der Waals surface area contributed by atoms with Gasteiger partial charge in [-0.25, -0.2) is 0 Å². The summed E-state index contributed by atoms with van der Waals surface area (Å²) < 4.78 is 2.21. The van der Waals surface area contributed by atoms with Gasteiger partial charge >= 0.3 is 0 Å². The molecule has 4 nitrogen and oxygen atoms in total. The molecular formula is C23H39N3O. The Kier molecular flexibility index (Phi) is 6.45. The van der Waals surface area contributed by atoms with Gasteiger partial charge in [0.15, 0.2) is 0 Å². The number of carbonyl (C=O) groups excluding carboxylic acids is 1. The van der Waals surface area contributed by atoms with Crippen molar-refractivity contribution in [2.75, 3.05) is 13.1 Å². The van der Waals surface area contributed by atoms with Gasteiger partial charge in [-0.1, -0.05) is 34.6 Å². The molecule has 152 valence electrons. The fourth-order valence-corrected chi connectivity index (χ4v) is 5.40. The summed E-state index contributed by atoms with van der Waals surface area (Å²) in [7, 11) is 0. The maximum Gasteiger partial charge on any atom is 0.135 e. The van der Waals surface area contributed by atoms with Crippen molar-refractivity contribution in [3.8, 4) is 0 Å². The smallest absolute Gasteiger partial charge is 0.135 e. The number of hydrogen-bond acceptors (Lipinski definition) is 3. The molecule has 27 heavy (non-hydrogen) atoms. The second-order valence-electron chi connectivity index (χ2n) is 9.16. The molecule has 0 bridgehead atoms. The van der Waals surface area contributed by atoms with Crippen LogP contribution >= 0.6 is 0 Å². The summed E-state index contributed by atoms with van der Waals surface area (Å²) in [5.74, 6) is 1.45. The van der Waals surface area contributed by atoms with Crippen molar-refractivity contribution >= 4 is 5.78 Å². The Hall–Kier alpha value is -1.16. The average molecular weight is 374 g/mol. The maximum absolute atomic E-state index is 11.8. The van der Waals surface area contributed by atoms with Crippen LogP contribution in [-0.2, 0) is 4.79 Å². The Morgan fingerprint density at radius 3 is 2.30 bits per heavy atom. The summed E-state index contributed by atoms with van der Waals surface area (Å²) in [4.78, 5) is 14.5. The standard InChI is InChI=1S/C21H33N3O.C2H6/c1-4-20(25)16-9-21(10-16)11-19(12-21)23-7-5-18(6-8-23)24-14-17(13-22-24)15(2)3;1-2/h13-16,18-19H,4-12H2,1-3H3;1-2H3. The molecule has 2 aliphatic carbocycles. The summed E-state index contributed by atoms with van der Waals surface area (Å²) >= 11 is 0. The number of likely N-dealkylation sites (tertiary alicyclic amines) is 1. The number of aromatic nitrogens is 2. The number of nitrogens with zero attached hydrogens (tertiary/aromatic N) is 3. The Balaban J connectivity index is 0.00000102. The van der Waals surface area contributed by atoms with E-state index >= 15 is 0 Å². The molecule has 1 aromatic rings. The number of ketones is 1. The van der Waals surface area contributed by atoms with Crippen molar-refractivity contribution in [2.45, 2.75) is 97.6 Å². The molecule has 4 rings (SSSR count). The normalized spacial score (nSPS) is 31.2. The number of rotatable bonds is 5. The first kappa shape index (κ1) is 20.6. The quantitative estimate of drug-likeness (QED) is 0.711. The van der Waals surface area contributed by atoms with E-state index in [9.17, 15) is 4.79 Å². The minimum atomic E-state index is 0.395. The van der Waals surface area contributed by atoms with Gasteiger partial charge in [-0.3, -0.25) is 9.48 Å². The highest BCUT2D eigenvalue weighted by molar-refractivity contribution is 5.81. The zero-order valence-corrected chi connectivity index (χ0v) is 18.1. The number of Topliss-reactive ketones (excluding diaryl/α,β-unsaturated/α-hetero) is 1. The van der Waals surface area contributed by atoms with E-state index in [1.165, 1.54) is 57.2 Å². The van der Waals surface area contributed by atoms with E-state index in [1.807, 2.05) is 27.0 Å². The molecule has 0 unspecified atom stereocenters. The number of hydrogen-bond donors (Lipinski definition) is 0. The molecule has 3 fully saturated rings. The molecule has 1 spiro atoms. The van der Waals surface area contributed by atoms with Crippen LogP contribution in [0.4, 0.5) is 0 Å². The molecule has 1 aromatic heterocycles. The van der Waals surface area contributed by atoms with E-state index in [2.05, 4.69) is 34.7 Å². The Morgan fingerprint density at radius 1 is 1.15 bits per heavy atom. The molecule has 2 saturated carbocycles. The summed E-state index contributed by atoms with van der Waals surface area (Å²) in [6.07, 6.45) is 12.5. The van der Waals surface area contributed by atoms with Gasteiger partial charge in [-0.15, -0.1) is 0 Å². The molecule has 0 aromatic carbocycles. The lowest BCUT2D eigenvalue weighted by atomic mass is 9.49. The molecule has 0 radical (unpaired) electrons. The third-order valence-corrected chi connectivity index (χ3v) is 7.18. The van der Waals surface area contributed by atoms with Crippen molar-refractivity contribution in [1.29, 1.82) is 0 Å². The van der Waals surface area contributed by atoms with Crippen LogP contribution in [0.1, 0.15) is 97.1 Å². The van der Waals surface area contributed by atoms with Gasteiger partial charge in [0, 0.05) is 37.7 Å². The largest absolute Gasteiger partial charge is 0.300 e. The van der Waals surface area contributed by atoms with Gasteiger partial charge in [0.25, 0.3) is 0 Å². The number of carbonyl (C=O) groups is 1. The lowest BCUT2D eigenvalue weighted by molar-refractivity contribution is -0.141. The highest BCUT2D eigenvalue weighted by Crippen LogP contribution is 2.60. The van der Waals surface area contributed by atoms with Crippen molar-refractivity contribution < 1.29 is 4.79 Å². The van der Waals surface area contributed by atoms with E-state index in [-0.39, 0.29) is 0 Å². The number of piperidine rings is 1. The Morgan fingerprint density at radius 2 is 1.78 bits per heavy atom. The molecule has 1 saturated heterocycles. The van der Waals surface area contributed by atoms with Crippen molar-refractivity contribution in [3.63, 3.8) is 0 Å². The second-order valence-corrected chi connectivity index (χ2v) is 9.16. The fraction of sp³-hybridized carbons (Fsp3) is 0.826. The van der Waals surface area contributed by atoms with Crippen LogP contribution in [0.5, 0.6) is 0 Å². The van der Waals surface area contributed by atoms with Crippen molar-refractivity contribution in [3.05, 3.63) is 18.0 Å². The molecule has 4 heteroatoms. The SMILES string of the molecule is CC.CCC(=O)C1CC2(C1)CC(N1CCC(n3cc(C(C)C)cn3)CC1)C2. The zero-order chi connectivity index (χ0) is 19.6. The molecule has 0 amide bonds. The lowest BCUT2D eigenvalue weighted by Gasteiger charge is -2.60. The second kappa shape index (κ2) is 8.46. The predicted octanol–water partition coefficient (Wildman–Crippen LogP) is 5.21. The molecule has 0 N–H and O–H groups in total. The van der Waals surface area contributed by atoms with Gasteiger partial charge < -0.3 is 4.90 Å². The minimum absolute atomic E-state index is 0.395. The molecule has 0 atom stereocenters. The lowest BCUT2D eigenvalue weighted by Crippen LogP contribution is -2.58. The van der Waals surface area contributed by atoms with Crippen molar-refractivity contribution in [2.24, 2.45) is 11.3 Å². The Labute approximate surface area is 165 Å². The molecule has 1 aliphatic heterocycles. The van der Waals surface area contributed by atoms with Crippen LogP contribution in [0, 0.1) is 11.3 Å². The van der Waals surface area contributed by atoms with E-state index in [0.717, 1.165) is 12.5 Å². The minimum Gasteiger partial charge on any atom is -0.300 e. The van der Waals surface area contributed by atoms with Gasteiger partial charge in [-0.05, 0) is 55.4 Å². The fourth-order valence-electron chi connectivity index (χ4n) is 5.40. The highest BCUT2D eigenvalue weighted by Gasteiger charge is 2.55. The summed E-state index contributed by atoms with van der Waals surface area (Å²) in [5.41, 5.74) is 1.90. The average Bonchev–Trinajstić information content (AvgIpc) is 3.12. The molecule has 2 heterocycles. The summed E-state index contributed by atoms with van der Waals surface area (Å²) in [6.45, 7) is 12.9. The van der Waals surface area contributed by atoms with Crippen LogP contribution in [0.3, 0.4) is 0 Å². The summed E-state index contributed by atoms with van der Waals surface area (Å²) in [6, 6.07) is 1.36. The van der Waals surface area contributed by atoms with Crippen LogP contribution in [-0.4, -0.2) is 39.6 Å². The zero-order valence-electron chi connectivity index (χ0n) is 18.1. The first-order chi connectivity index (χ1) is 13.0. The van der Waals surface area contributed by atoms with Gasteiger partial charge in [-0.2, -0.15) is 5.10 Å². The third kappa shape index (κ3) is 4.16. The van der Waals surface area contributed by atoms with E-state index in [1.54, 1.807) is 0 Å². The maximum atomic E-state index is 11.8. The highest BCUT2D eigenvalue weighted by atomic mass is 16.1. The van der Waals surface area contributed by atoms with Crippen LogP contribution < -0.4 is 0 Å². The Bertz CT molecular complexity index is 613. The van der Waals surface area contributed by atoms with Gasteiger partial charge in [0.05, 0.1) is 12.2 Å². The van der Waals surface area contributed by atoms with Crippen LogP contribution in [0.25, 0.3) is 0 Å². The van der Waals surface area contributed by atoms with Crippen LogP contribution in [0.2, 0.25) is 0 Å². The van der Waals surface area contributed by atoms with E-state index in [0.29, 0.717) is 29.1 Å². The first-order valence-electron chi connectivity index (χ1n) is 11.3. The first-order valence-corrected chi connectivity index (χ1v) is 11.3. The topological polar surface area (TPSA) is 38.1 Å². The molecule has 3 aliphatic rings. The predicted molar refractivity (Wildman–Crippen MR) is 111 cm³/mol. The third-order valence-electron chi connectivity index (χ3n) is 7.18. The van der Waals surface area contributed by atoms with Gasteiger partial charge in [0.1, 0.15) is 5.78 Å². The van der Waals surface area contributed by atoms with E-state index < -0.39 is 0 Å². The van der Waals surface area contributed by atoms with Gasteiger partial charge in [0.2, 0.25) is 0 Å².